The molecule has 5 heteroatoms. The minimum atomic E-state index is -0.251. The van der Waals surface area contributed by atoms with Crippen molar-refractivity contribution in [3.63, 3.8) is 0 Å². The Bertz CT molecular complexity index is 776. The number of piperidine rings is 1. The number of hydrogen-bond acceptors (Lipinski definition) is 3. The van der Waals surface area contributed by atoms with E-state index in [9.17, 15) is 9.18 Å². The van der Waals surface area contributed by atoms with E-state index < -0.39 is 0 Å². The molecule has 1 aliphatic heterocycles. The predicted molar refractivity (Wildman–Crippen MR) is 106 cm³/mol. The van der Waals surface area contributed by atoms with E-state index in [-0.39, 0.29) is 11.7 Å². The summed E-state index contributed by atoms with van der Waals surface area (Å²) >= 11 is 0. The highest BCUT2D eigenvalue weighted by molar-refractivity contribution is 5.78. The van der Waals surface area contributed by atoms with Crippen LogP contribution in [0.3, 0.4) is 0 Å². The number of likely N-dealkylation sites (N-methyl/N-ethyl adjacent to an activating group) is 1. The maximum atomic E-state index is 13.5. The molecule has 3 rings (SSSR count). The van der Waals surface area contributed by atoms with Crippen LogP contribution >= 0.6 is 0 Å². The average molecular weight is 369 g/mol. The molecule has 0 saturated carbocycles. The van der Waals surface area contributed by atoms with Gasteiger partial charge in [-0.3, -0.25) is 14.7 Å². The van der Waals surface area contributed by atoms with Gasteiger partial charge in [0.25, 0.3) is 0 Å². The molecule has 1 unspecified atom stereocenters. The summed E-state index contributed by atoms with van der Waals surface area (Å²) in [5, 5.41) is 0. The summed E-state index contributed by atoms with van der Waals surface area (Å²) in [5.41, 5.74) is 2.61. The maximum Gasteiger partial charge on any atom is 0.236 e. The number of halogens is 1. The summed E-state index contributed by atoms with van der Waals surface area (Å²) in [5.74, 6) is 0.248. The third kappa shape index (κ3) is 4.92. The van der Waals surface area contributed by atoms with Gasteiger partial charge in [-0.15, -0.1) is 0 Å². The summed E-state index contributed by atoms with van der Waals surface area (Å²) in [6.45, 7) is 7.81. The Kier molecular flexibility index (Phi) is 6.56. The molecule has 144 valence electrons. The number of nitrogens with zero attached hydrogens (tertiary/aromatic N) is 3. The minimum Gasteiger partial charge on any atom is -0.342 e. The summed E-state index contributed by atoms with van der Waals surface area (Å²) in [6, 6.07) is 12.5. The lowest BCUT2D eigenvalue weighted by Gasteiger charge is -2.33. The molecule has 1 aliphatic rings. The first-order chi connectivity index (χ1) is 13.1. The minimum absolute atomic E-state index is 0.196. The molecule has 2 heterocycles. The van der Waals surface area contributed by atoms with Gasteiger partial charge in [0.2, 0.25) is 5.91 Å². The van der Waals surface area contributed by atoms with Gasteiger partial charge >= 0.3 is 0 Å². The van der Waals surface area contributed by atoms with Crippen molar-refractivity contribution in [3.05, 3.63) is 54.0 Å². The Balaban J connectivity index is 1.71. The molecule has 0 bridgehead atoms. The molecule has 2 aromatic rings. The second kappa shape index (κ2) is 9.09. The normalized spacial score (nSPS) is 17.7. The molecule has 27 heavy (non-hydrogen) atoms. The van der Waals surface area contributed by atoms with E-state index in [1.807, 2.05) is 43.0 Å². The lowest BCUT2D eigenvalue weighted by molar-refractivity contribution is -0.132. The highest BCUT2D eigenvalue weighted by atomic mass is 19.1. The van der Waals surface area contributed by atoms with Crippen molar-refractivity contribution in [1.82, 2.24) is 14.8 Å². The number of benzene rings is 1. The van der Waals surface area contributed by atoms with Crippen LogP contribution < -0.4 is 0 Å². The van der Waals surface area contributed by atoms with E-state index in [0.717, 1.165) is 56.0 Å². The zero-order chi connectivity index (χ0) is 19.2. The van der Waals surface area contributed by atoms with Crippen LogP contribution in [-0.2, 0) is 4.79 Å². The number of rotatable bonds is 6. The SMILES string of the molecule is CCN(CC)C(=O)CN1CCCC(c2cccc(-c3cccc(F)c3)n2)C1. The number of hydrogen-bond donors (Lipinski definition) is 0. The smallest absolute Gasteiger partial charge is 0.236 e. The number of carbonyl (C=O) groups is 1. The van der Waals surface area contributed by atoms with Crippen LogP contribution in [0, 0.1) is 5.82 Å². The molecule has 1 saturated heterocycles. The van der Waals surface area contributed by atoms with Gasteiger partial charge in [-0.2, -0.15) is 0 Å². The Morgan fingerprint density at radius 2 is 2.00 bits per heavy atom. The van der Waals surface area contributed by atoms with Crippen LogP contribution in [0.1, 0.15) is 38.3 Å². The van der Waals surface area contributed by atoms with Crippen molar-refractivity contribution in [3.8, 4) is 11.3 Å². The molecule has 0 radical (unpaired) electrons. The fourth-order valence-electron chi connectivity index (χ4n) is 3.80. The zero-order valence-corrected chi connectivity index (χ0v) is 16.2. The van der Waals surface area contributed by atoms with E-state index in [1.54, 1.807) is 6.07 Å². The van der Waals surface area contributed by atoms with Gasteiger partial charge in [-0.05, 0) is 57.5 Å². The van der Waals surface area contributed by atoms with E-state index in [1.165, 1.54) is 12.1 Å². The van der Waals surface area contributed by atoms with Crippen molar-refractivity contribution in [2.24, 2.45) is 0 Å². The van der Waals surface area contributed by atoms with E-state index in [0.29, 0.717) is 12.5 Å². The Morgan fingerprint density at radius 1 is 1.22 bits per heavy atom. The fourth-order valence-corrected chi connectivity index (χ4v) is 3.80. The summed E-state index contributed by atoms with van der Waals surface area (Å²) in [7, 11) is 0. The van der Waals surface area contributed by atoms with Crippen LogP contribution in [0.15, 0.2) is 42.5 Å². The molecule has 0 N–H and O–H groups in total. The molecule has 1 amide bonds. The first-order valence-corrected chi connectivity index (χ1v) is 9.83. The fraction of sp³-hybridized carbons (Fsp3) is 0.455. The van der Waals surface area contributed by atoms with Gasteiger partial charge < -0.3 is 4.90 Å². The summed E-state index contributed by atoms with van der Waals surface area (Å²) in [6.07, 6.45) is 2.12. The zero-order valence-electron chi connectivity index (χ0n) is 16.2. The second-order valence-electron chi connectivity index (χ2n) is 7.10. The Morgan fingerprint density at radius 3 is 2.74 bits per heavy atom. The maximum absolute atomic E-state index is 13.5. The molecular formula is C22H28FN3O. The molecule has 0 spiro atoms. The number of carbonyl (C=O) groups excluding carboxylic acids is 1. The van der Waals surface area contributed by atoms with Gasteiger partial charge in [0.1, 0.15) is 5.82 Å². The highest BCUT2D eigenvalue weighted by Gasteiger charge is 2.25. The van der Waals surface area contributed by atoms with Crippen molar-refractivity contribution >= 4 is 5.91 Å². The molecule has 1 atom stereocenters. The number of amides is 1. The van der Waals surface area contributed by atoms with Gasteiger partial charge in [0, 0.05) is 36.8 Å². The molecule has 0 aliphatic carbocycles. The number of likely N-dealkylation sites (tertiary alicyclic amines) is 1. The van der Waals surface area contributed by atoms with Crippen LogP contribution in [0.25, 0.3) is 11.3 Å². The lowest BCUT2D eigenvalue weighted by atomic mass is 9.93. The van der Waals surface area contributed by atoms with Crippen molar-refractivity contribution in [2.75, 3.05) is 32.7 Å². The molecule has 4 nitrogen and oxygen atoms in total. The first kappa shape index (κ1) is 19.5. The van der Waals surface area contributed by atoms with Gasteiger partial charge in [0.15, 0.2) is 0 Å². The highest BCUT2D eigenvalue weighted by Crippen LogP contribution is 2.27. The van der Waals surface area contributed by atoms with Gasteiger partial charge in [0.05, 0.1) is 12.2 Å². The van der Waals surface area contributed by atoms with Crippen molar-refractivity contribution in [2.45, 2.75) is 32.6 Å². The van der Waals surface area contributed by atoms with Crippen LogP contribution in [0.4, 0.5) is 4.39 Å². The summed E-state index contributed by atoms with van der Waals surface area (Å²) in [4.78, 5) is 21.3. The lowest BCUT2D eigenvalue weighted by Crippen LogP contribution is -2.43. The van der Waals surface area contributed by atoms with Crippen LogP contribution in [0.2, 0.25) is 0 Å². The Hall–Kier alpha value is -2.27. The quantitative estimate of drug-likeness (QED) is 0.774. The standard InChI is InChI=1S/C22H28FN3O/c1-3-26(4-2)22(27)16-25-13-7-9-18(15-25)21-12-6-11-20(24-21)17-8-5-10-19(23)14-17/h5-6,8,10-12,14,18H,3-4,7,9,13,15-16H2,1-2H3. The monoisotopic (exact) mass is 369 g/mol. The summed E-state index contributed by atoms with van der Waals surface area (Å²) < 4.78 is 13.5. The Labute approximate surface area is 161 Å². The van der Waals surface area contributed by atoms with Crippen molar-refractivity contribution < 1.29 is 9.18 Å². The predicted octanol–water partition coefficient (Wildman–Crippen LogP) is 3.94. The third-order valence-corrected chi connectivity index (χ3v) is 5.29. The van der Waals surface area contributed by atoms with Crippen LogP contribution in [0.5, 0.6) is 0 Å². The van der Waals surface area contributed by atoms with Gasteiger partial charge in [-0.1, -0.05) is 18.2 Å². The molecular weight excluding hydrogens is 341 g/mol. The number of aromatic nitrogens is 1. The van der Waals surface area contributed by atoms with E-state index in [2.05, 4.69) is 4.90 Å². The van der Waals surface area contributed by atoms with Crippen molar-refractivity contribution in [1.29, 1.82) is 0 Å². The first-order valence-electron chi connectivity index (χ1n) is 9.83. The largest absolute Gasteiger partial charge is 0.342 e. The van der Waals surface area contributed by atoms with E-state index in [4.69, 9.17) is 4.98 Å². The van der Waals surface area contributed by atoms with Crippen LogP contribution in [-0.4, -0.2) is 53.4 Å². The third-order valence-electron chi connectivity index (χ3n) is 5.29. The average Bonchev–Trinajstić information content (AvgIpc) is 2.69. The molecule has 1 aromatic heterocycles. The second-order valence-corrected chi connectivity index (χ2v) is 7.10. The number of pyridine rings is 1. The topological polar surface area (TPSA) is 36.4 Å². The van der Waals surface area contributed by atoms with E-state index >= 15 is 0 Å². The van der Waals surface area contributed by atoms with Gasteiger partial charge in [-0.25, -0.2) is 4.39 Å². The molecule has 1 aromatic carbocycles. The molecule has 1 fully saturated rings.